The number of hydrogen-bond donors (Lipinski definition) is 2. The predicted octanol–water partition coefficient (Wildman–Crippen LogP) is 3.05. The molecule has 2 N–H and O–H groups in total. The number of amides is 2. The van der Waals surface area contributed by atoms with E-state index in [1.54, 1.807) is 19.0 Å². The second-order valence-corrected chi connectivity index (χ2v) is 6.58. The highest BCUT2D eigenvalue weighted by molar-refractivity contribution is 5.91. The third-order valence-electron chi connectivity index (χ3n) is 4.40. The molecule has 2 aromatic carbocycles. The van der Waals surface area contributed by atoms with Crippen LogP contribution >= 0.6 is 0 Å². The topological polar surface area (TPSA) is 61.4 Å². The lowest BCUT2D eigenvalue weighted by atomic mass is 10.1. The summed E-state index contributed by atoms with van der Waals surface area (Å²) in [5.41, 5.74) is 3.93. The van der Waals surface area contributed by atoms with E-state index in [0.29, 0.717) is 6.54 Å². The first-order chi connectivity index (χ1) is 12.4. The largest absolute Gasteiger partial charge is 0.347 e. The van der Waals surface area contributed by atoms with Crippen LogP contribution in [0.5, 0.6) is 0 Å². The summed E-state index contributed by atoms with van der Waals surface area (Å²) in [7, 11) is 3.46. The molecule has 0 bridgehead atoms. The van der Waals surface area contributed by atoms with E-state index >= 15 is 0 Å². The molecule has 0 aliphatic rings. The molecular formula is C21H27N3O2. The summed E-state index contributed by atoms with van der Waals surface area (Å²) in [4.78, 5) is 26.3. The van der Waals surface area contributed by atoms with Gasteiger partial charge in [-0.3, -0.25) is 9.59 Å². The molecule has 138 valence electrons. The summed E-state index contributed by atoms with van der Waals surface area (Å²) in [6.07, 6.45) is 0.289. The van der Waals surface area contributed by atoms with E-state index in [0.717, 1.165) is 22.4 Å². The molecular weight excluding hydrogens is 326 g/mol. The van der Waals surface area contributed by atoms with E-state index in [2.05, 4.69) is 10.6 Å². The molecule has 0 saturated carbocycles. The molecule has 26 heavy (non-hydrogen) atoms. The van der Waals surface area contributed by atoms with Crippen LogP contribution in [0.4, 0.5) is 5.69 Å². The van der Waals surface area contributed by atoms with Crippen LogP contribution in [0.2, 0.25) is 0 Å². The highest BCUT2D eigenvalue weighted by Crippen LogP contribution is 2.18. The molecule has 0 fully saturated rings. The molecule has 5 nitrogen and oxygen atoms in total. The first-order valence-electron chi connectivity index (χ1n) is 8.75. The highest BCUT2D eigenvalue weighted by atomic mass is 16.2. The Morgan fingerprint density at radius 2 is 1.69 bits per heavy atom. The number of likely N-dealkylation sites (N-methyl/N-ethyl adjacent to an activating group) is 1. The molecule has 0 aromatic heterocycles. The van der Waals surface area contributed by atoms with E-state index in [-0.39, 0.29) is 18.2 Å². The van der Waals surface area contributed by atoms with Gasteiger partial charge < -0.3 is 15.5 Å². The fourth-order valence-electron chi connectivity index (χ4n) is 2.68. The van der Waals surface area contributed by atoms with Crippen LogP contribution in [-0.4, -0.2) is 37.4 Å². The molecule has 0 aliphatic heterocycles. The number of carbonyl (C=O) groups excluding carboxylic acids is 2. The highest BCUT2D eigenvalue weighted by Gasteiger charge is 2.21. The maximum Gasteiger partial charge on any atom is 0.243 e. The monoisotopic (exact) mass is 353 g/mol. The van der Waals surface area contributed by atoms with Gasteiger partial charge in [0.05, 0.1) is 0 Å². The van der Waals surface area contributed by atoms with Gasteiger partial charge in [0.1, 0.15) is 6.04 Å². The Morgan fingerprint density at radius 1 is 1.00 bits per heavy atom. The van der Waals surface area contributed by atoms with E-state index in [1.807, 2.05) is 62.4 Å². The van der Waals surface area contributed by atoms with Gasteiger partial charge in [0.2, 0.25) is 11.8 Å². The third-order valence-corrected chi connectivity index (χ3v) is 4.40. The van der Waals surface area contributed by atoms with Crippen LogP contribution in [-0.2, 0) is 9.59 Å². The number of nitrogens with zero attached hydrogens (tertiary/aromatic N) is 1. The quantitative estimate of drug-likeness (QED) is 0.804. The molecule has 0 aliphatic carbocycles. The lowest BCUT2D eigenvalue weighted by Gasteiger charge is -2.22. The van der Waals surface area contributed by atoms with Crippen LogP contribution in [0.15, 0.2) is 48.5 Å². The lowest BCUT2D eigenvalue weighted by molar-refractivity contribution is -0.131. The van der Waals surface area contributed by atoms with Crippen LogP contribution in [0.1, 0.15) is 29.2 Å². The lowest BCUT2D eigenvalue weighted by Crippen LogP contribution is -2.38. The molecule has 0 heterocycles. The van der Waals surface area contributed by atoms with Crippen molar-refractivity contribution in [1.82, 2.24) is 10.2 Å². The Bertz CT molecular complexity index is 757. The summed E-state index contributed by atoms with van der Waals surface area (Å²) in [6, 6.07) is 14.9. The Morgan fingerprint density at radius 3 is 2.35 bits per heavy atom. The SMILES string of the molecule is Cc1cccc(NC(=O)CCNC(C(=O)N(C)C)c2ccccc2)c1C. The zero-order chi connectivity index (χ0) is 19.1. The van der Waals surface area contributed by atoms with Crippen molar-refractivity contribution in [3.05, 3.63) is 65.2 Å². The Balaban J connectivity index is 1.95. The minimum atomic E-state index is -0.459. The smallest absolute Gasteiger partial charge is 0.243 e. The summed E-state index contributed by atoms with van der Waals surface area (Å²) in [6.45, 7) is 4.42. The standard InChI is InChI=1S/C21H27N3O2/c1-15-9-8-12-18(16(15)2)23-19(25)13-14-22-20(21(26)24(3)4)17-10-6-5-7-11-17/h5-12,20,22H,13-14H2,1-4H3,(H,23,25). The molecule has 1 atom stereocenters. The fourth-order valence-corrected chi connectivity index (χ4v) is 2.68. The van der Waals surface area contributed by atoms with E-state index in [9.17, 15) is 9.59 Å². The fraction of sp³-hybridized carbons (Fsp3) is 0.333. The molecule has 2 rings (SSSR count). The van der Waals surface area contributed by atoms with Crippen molar-refractivity contribution >= 4 is 17.5 Å². The molecule has 0 saturated heterocycles. The van der Waals surface area contributed by atoms with Gasteiger partial charge >= 0.3 is 0 Å². The predicted molar refractivity (Wildman–Crippen MR) is 105 cm³/mol. The van der Waals surface area contributed by atoms with Gasteiger partial charge in [0.15, 0.2) is 0 Å². The minimum Gasteiger partial charge on any atom is -0.347 e. The number of carbonyl (C=O) groups is 2. The normalized spacial score (nSPS) is 11.7. The molecule has 0 radical (unpaired) electrons. The van der Waals surface area contributed by atoms with Crippen molar-refractivity contribution in [1.29, 1.82) is 0 Å². The number of rotatable bonds is 7. The van der Waals surface area contributed by atoms with Gasteiger partial charge in [0, 0.05) is 32.7 Å². The summed E-state index contributed by atoms with van der Waals surface area (Å²) in [5.74, 6) is -0.110. The summed E-state index contributed by atoms with van der Waals surface area (Å²) < 4.78 is 0. The minimum absolute atomic E-state index is 0.0360. The number of hydrogen-bond acceptors (Lipinski definition) is 3. The van der Waals surface area contributed by atoms with Gasteiger partial charge in [0.25, 0.3) is 0 Å². The number of nitrogens with one attached hydrogen (secondary N) is 2. The molecule has 2 aromatic rings. The van der Waals surface area contributed by atoms with Crippen molar-refractivity contribution in [2.75, 3.05) is 26.0 Å². The summed E-state index contributed by atoms with van der Waals surface area (Å²) in [5, 5.41) is 6.15. The van der Waals surface area contributed by atoms with Crippen LogP contribution in [0, 0.1) is 13.8 Å². The molecule has 2 amide bonds. The maximum atomic E-state index is 12.5. The average Bonchev–Trinajstić information content (AvgIpc) is 2.63. The van der Waals surface area contributed by atoms with E-state index in [1.165, 1.54) is 0 Å². The van der Waals surface area contributed by atoms with Crippen LogP contribution in [0.25, 0.3) is 0 Å². The van der Waals surface area contributed by atoms with Gasteiger partial charge in [-0.1, -0.05) is 42.5 Å². The second kappa shape index (κ2) is 9.15. The Labute approximate surface area is 155 Å². The first kappa shape index (κ1) is 19.7. The van der Waals surface area contributed by atoms with Crippen LogP contribution < -0.4 is 10.6 Å². The Kier molecular flexibility index (Phi) is 6.92. The zero-order valence-corrected chi connectivity index (χ0v) is 15.9. The third kappa shape index (κ3) is 5.17. The van der Waals surface area contributed by atoms with E-state index < -0.39 is 6.04 Å². The van der Waals surface area contributed by atoms with Gasteiger partial charge in [-0.15, -0.1) is 0 Å². The van der Waals surface area contributed by atoms with E-state index in [4.69, 9.17) is 0 Å². The first-order valence-corrected chi connectivity index (χ1v) is 8.75. The molecule has 1 unspecified atom stereocenters. The number of aryl methyl sites for hydroxylation is 1. The maximum absolute atomic E-state index is 12.5. The number of anilines is 1. The average molecular weight is 353 g/mol. The van der Waals surface area contributed by atoms with Crippen molar-refractivity contribution in [3.63, 3.8) is 0 Å². The van der Waals surface area contributed by atoms with Crippen molar-refractivity contribution in [3.8, 4) is 0 Å². The second-order valence-electron chi connectivity index (χ2n) is 6.58. The van der Waals surface area contributed by atoms with Crippen molar-refractivity contribution in [2.45, 2.75) is 26.3 Å². The number of benzene rings is 2. The molecule has 5 heteroatoms. The zero-order valence-electron chi connectivity index (χ0n) is 15.9. The van der Waals surface area contributed by atoms with Gasteiger partial charge in [-0.2, -0.15) is 0 Å². The molecule has 0 spiro atoms. The van der Waals surface area contributed by atoms with Crippen LogP contribution in [0.3, 0.4) is 0 Å². The Hall–Kier alpha value is -2.66. The van der Waals surface area contributed by atoms with Crippen molar-refractivity contribution in [2.24, 2.45) is 0 Å². The summed E-state index contributed by atoms with van der Waals surface area (Å²) >= 11 is 0. The van der Waals surface area contributed by atoms with Crippen molar-refractivity contribution < 1.29 is 9.59 Å². The van der Waals surface area contributed by atoms with Gasteiger partial charge in [-0.25, -0.2) is 0 Å². The van der Waals surface area contributed by atoms with Gasteiger partial charge in [-0.05, 0) is 36.6 Å².